The maximum absolute atomic E-state index is 13.7. The highest BCUT2D eigenvalue weighted by atomic mass is 19.3. The summed E-state index contributed by atoms with van der Waals surface area (Å²) in [4.78, 5) is 23.2. The van der Waals surface area contributed by atoms with Crippen molar-refractivity contribution in [2.45, 2.75) is 26.7 Å². The number of hydrogen-bond donors (Lipinski definition) is 2. The van der Waals surface area contributed by atoms with Crippen LogP contribution < -0.4 is 10.6 Å². The molecule has 0 bridgehead atoms. The van der Waals surface area contributed by atoms with Gasteiger partial charge in [-0.3, -0.25) is 4.79 Å². The molecular formula is C18H17F2N7O. The molecule has 8 nitrogen and oxygen atoms in total. The number of nitrogens with zero attached hydrogens (tertiary/aromatic N) is 5. The lowest BCUT2D eigenvalue weighted by Crippen LogP contribution is -2.14. The fourth-order valence-corrected chi connectivity index (χ4v) is 2.42. The second-order valence-electron chi connectivity index (χ2n) is 6.14. The Morgan fingerprint density at radius 1 is 1.18 bits per heavy atom. The van der Waals surface area contributed by atoms with Crippen LogP contribution in [-0.2, 0) is 10.7 Å². The summed E-state index contributed by atoms with van der Waals surface area (Å²) in [5.74, 6) is -3.61. The predicted octanol–water partition coefficient (Wildman–Crippen LogP) is 3.45. The van der Waals surface area contributed by atoms with Gasteiger partial charge in [0.2, 0.25) is 11.7 Å². The van der Waals surface area contributed by atoms with Crippen LogP contribution >= 0.6 is 0 Å². The molecule has 3 aromatic heterocycles. The highest BCUT2D eigenvalue weighted by molar-refractivity contribution is 5.89. The molecule has 0 atom stereocenters. The number of aryl methyl sites for hydroxylation is 1. The highest BCUT2D eigenvalue weighted by Crippen LogP contribution is 2.31. The van der Waals surface area contributed by atoms with Gasteiger partial charge >= 0.3 is 5.92 Å². The molecule has 0 unspecified atom stereocenters. The zero-order valence-corrected chi connectivity index (χ0v) is 15.4. The quantitative estimate of drug-likeness (QED) is 0.693. The Labute approximate surface area is 159 Å². The third-order valence-electron chi connectivity index (χ3n) is 3.57. The van der Waals surface area contributed by atoms with Gasteiger partial charge in [0.15, 0.2) is 0 Å². The third kappa shape index (κ3) is 4.58. The molecule has 0 aliphatic carbocycles. The molecule has 3 heterocycles. The monoisotopic (exact) mass is 385 g/mol. The first-order valence-corrected chi connectivity index (χ1v) is 8.29. The van der Waals surface area contributed by atoms with Crippen molar-refractivity contribution in [1.29, 1.82) is 0 Å². The number of halogens is 2. The smallest absolute Gasteiger partial charge is 0.303 e. The van der Waals surface area contributed by atoms with E-state index in [1.54, 1.807) is 25.1 Å². The molecular weight excluding hydrogens is 368 g/mol. The Kier molecular flexibility index (Phi) is 5.21. The summed E-state index contributed by atoms with van der Waals surface area (Å²) in [6.07, 6.45) is 3.03. The maximum Gasteiger partial charge on any atom is 0.303 e. The Morgan fingerprint density at radius 2 is 1.96 bits per heavy atom. The van der Waals surface area contributed by atoms with E-state index in [4.69, 9.17) is 0 Å². The average molecular weight is 385 g/mol. The summed E-state index contributed by atoms with van der Waals surface area (Å²) < 4.78 is 27.4. The molecule has 0 fully saturated rings. The molecule has 1 amide bonds. The largest absolute Gasteiger partial charge is 0.339 e. The predicted molar refractivity (Wildman–Crippen MR) is 99.2 cm³/mol. The molecule has 28 heavy (non-hydrogen) atoms. The molecule has 0 spiro atoms. The fourth-order valence-electron chi connectivity index (χ4n) is 2.42. The van der Waals surface area contributed by atoms with Crippen molar-refractivity contribution < 1.29 is 13.6 Å². The van der Waals surface area contributed by atoms with Gasteiger partial charge in [0, 0.05) is 49.6 Å². The summed E-state index contributed by atoms with van der Waals surface area (Å²) in [6.45, 7) is 3.69. The van der Waals surface area contributed by atoms with E-state index < -0.39 is 11.7 Å². The Balaban J connectivity index is 2.06. The Hall–Kier alpha value is -3.56. The van der Waals surface area contributed by atoms with Crippen LogP contribution in [0.1, 0.15) is 25.4 Å². The van der Waals surface area contributed by atoms with E-state index >= 15 is 0 Å². The van der Waals surface area contributed by atoms with Crippen molar-refractivity contribution in [2.24, 2.45) is 0 Å². The normalized spacial score (nSPS) is 11.2. The van der Waals surface area contributed by atoms with E-state index in [-0.39, 0.29) is 17.5 Å². The number of amides is 1. The molecule has 0 radical (unpaired) electrons. The van der Waals surface area contributed by atoms with E-state index in [9.17, 15) is 13.6 Å². The highest BCUT2D eigenvalue weighted by Gasteiger charge is 2.29. The van der Waals surface area contributed by atoms with Gasteiger partial charge in [0.1, 0.15) is 11.6 Å². The molecule has 144 valence electrons. The van der Waals surface area contributed by atoms with Crippen LogP contribution in [-0.4, -0.2) is 31.1 Å². The minimum atomic E-state index is -3.18. The Bertz CT molecular complexity index is 1010. The lowest BCUT2D eigenvalue weighted by atomic mass is 10.1. The van der Waals surface area contributed by atoms with Gasteiger partial charge in [0.05, 0.1) is 11.4 Å². The van der Waals surface area contributed by atoms with Gasteiger partial charge < -0.3 is 10.6 Å². The topological polar surface area (TPSA) is 106 Å². The van der Waals surface area contributed by atoms with Crippen molar-refractivity contribution in [2.75, 3.05) is 10.6 Å². The van der Waals surface area contributed by atoms with Crippen LogP contribution in [0.2, 0.25) is 0 Å². The van der Waals surface area contributed by atoms with Gasteiger partial charge in [0.25, 0.3) is 0 Å². The van der Waals surface area contributed by atoms with Gasteiger partial charge in [-0.15, -0.1) is 0 Å². The maximum atomic E-state index is 13.7. The zero-order valence-electron chi connectivity index (χ0n) is 15.4. The van der Waals surface area contributed by atoms with Crippen molar-refractivity contribution in [1.82, 2.24) is 25.1 Å². The second-order valence-corrected chi connectivity index (χ2v) is 6.14. The molecule has 10 heteroatoms. The number of carbonyl (C=O) groups excluding carboxylic acids is 1. The van der Waals surface area contributed by atoms with Crippen molar-refractivity contribution in [3.63, 3.8) is 0 Å². The van der Waals surface area contributed by atoms with Crippen LogP contribution in [0.3, 0.4) is 0 Å². The number of hydrogen-bond acceptors (Lipinski definition) is 7. The van der Waals surface area contributed by atoms with Gasteiger partial charge in [-0.2, -0.15) is 19.0 Å². The second kappa shape index (κ2) is 7.59. The summed E-state index contributed by atoms with van der Waals surface area (Å²) in [5.41, 5.74) is 1.91. The Morgan fingerprint density at radius 3 is 2.61 bits per heavy atom. The first-order chi connectivity index (χ1) is 13.2. The van der Waals surface area contributed by atoms with Crippen molar-refractivity contribution >= 4 is 23.2 Å². The minimum Gasteiger partial charge on any atom is -0.339 e. The average Bonchev–Trinajstić information content (AvgIpc) is 2.61. The van der Waals surface area contributed by atoms with Gasteiger partial charge in [-0.1, -0.05) is 0 Å². The summed E-state index contributed by atoms with van der Waals surface area (Å²) in [7, 11) is 0. The molecule has 0 aromatic carbocycles. The van der Waals surface area contributed by atoms with Crippen molar-refractivity contribution in [3.8, 4) is 11.3 Å². The van der Waals surface area contributed by atoms with Crippen LogP contribution in [0.15, 0.2) is 36.7 Å². The SMILES string of the molecule is CC(=O)Nc1cc(Nc2cc(C)nc(C(C)(F)F)n2)c(-c2cccnn2)cn1. The van der Waals surface area contributed by atoms with E-state index in [2.05, 4.69) is 35.8 Å². The molecule has 2 N–H and O–H groups in total. The first kappa shape index (κ1) is 19.2. The number of anilines is 3. The van der Waals surface area contributed by atoms with E-state index in [1.165, 1.54) is 25.4 Å². The lowest BCUT2D eigenvalue weighted by Gasteiger charge is -2.15. The van der Waals surface area contributed by atoms with Crippen LogP contribution in [0.25, 0.3) is 11.3 Å². The van der Waals surface area contributed by atoms with Gasteiger partial charge in [-0.05, 0) is 19.1 Å². The number of alkyl halides is 2. The molecule has 0 aliphatic heterocycles. The summed E-state index contributed by atoms with van der Waals surface area (Å²) in [6, 6.07) is 6.53. The van der Waals surface area contributed by atoms with E-state index in [1.807, 2.05) is 0 Å². The van der Waals surface area contributed by atoms with Crippen molar-refractivity contribution in [3.05, 3.63) is 48.2 Å². The number of carbonyl (C=O) groups is 1. The van der Waals surface area contributed by atoms with Crippen LogP contribution in [0, 0.1) is 6.92 Å². The van der Waals surface area contributed by atoms with Gasteiger partial charge in [-0.25, -0.2) is 15.0 Å². The van der Waals surface area contributed by atoms with Crippen LogP contribution in [0.5, 0.6) is 0 Å². The third-order valence-corrected chi connectivity index (χ3v) is 3.57. The fraction of sp³-hybridized carbons (Fsp3) is 0.222. The number of pyridine rings is 1. The zero-order chi connectivity index (χ0) is 20.3. The summed E-state index contributed by atoms with van der Waals surface area (Å²) >= 11 is 0. The number of rotatable bonds is 5. The number of nitrogens with one attached hydrogen (secondary N) is 2. The van der Waals surface area contributed by atoms with E-state index in [0.717, 1.165) is 6.92 Å². The molecule has 3 aromatic rings. The first-order valence-electron chi connectivity index (χ1n) is 8.29. The summed E-state index contributed by atoms with van der Waals surface area (Å²) in [5, 5.41) is 13.5. The number of aromatic nitrogens is 5. The molecule has 0 saturated carbocycles. The lowest BCUT2D eigenvalue weighted by molar-refractivity contribution is -0.114. The van der Waals surface area contributed by atoms with Crippen LogP contribution in [0.4, 0.5) is 26.1 Å². The minimum absolute atomic E-state index is 0.175. The molecule has 0 saturated heterocycles. The standard InChI is InChI=1S/C18H17F2N7O/c1-10-7-16(26-17(23-10)18(3,19)20)25-14-8-15(24-11(2)28)21-9-12(14)13-5-4-6-22-27-13/h4-9H,1-3H3,(H2,21,23,24,25,26,28). The molecule has 3 rings (SSSR count). The molecule has 0 aliphatic rings. The van der Waals surface area contributed by atoms with E-state index in [0.29, 0.717) is 22.6 Å².